The molecule has 2 aromatic rings. The molecule has 1 heterocycles. The lowest BCUT2D eigenvalue weighted by molar-refractivity contribution is 0.415. The maximum atomic E-state index is 11.4. The number of hydrogen-bond acceptors (Lipinski definition) is 4. The number of aryl methyl sites for hydroxylation is 1. The summed E-state index contributed by atoms with van der Waals surface area (Å²) >= 11 is 0. The number of hydrogen-bond donors (Lipinski definition) is 2. The van der Waals surface area contributed by atoms with E-state index in [1.807, 2.05) is 31.2 Å². The van der Waals surface area contributed by atoms with Gasteiger partial charge < -0.3 is 10.1 Å². The molecule has 5 heteroatoms. The fourth-order valence-corrected chi connectivity index (χ4v) is 1.56. The molecular formula is C13H15N3O2. The van der Waals surface area contributed by atoms with Crippen molar-refractivity contribution in [2.75, 3.05) is 12.4 Å². The first-order chi connectivity index (χ1) is 8.71. The molecule has 0 unspecified atom stereocenters. The summed E-state index contributed by atoms with van der Waals surface area (Å²) < 4.78 is 5.07. The van der Waals surface area contributed by atoms with Crippen LogP contribution in [0.5, 0.6) is 5.75 Å². The highest BCUT2D eigenvalue weighted by molar-refractivity contribution is 5.54. The molecule has 94 valence electrons. The van der Waals surface area contributed by atoms with Crippen LogP contribution in [0.15, 0.2) is 35.1 Å². The van der Waals surface area contributed by atoms with Gasteiger partial charge in [0.1, 0.15) is 5.75 Å². The molecule has 0 fully saturated rings. The standard InChI is InChI=1S/C13H15N3O2/c1-3-9-8-12(17)16-13(14-9)15-10-4-6-11(18-2)7-5-10/h4-8H,3H2,1-2H3,(H2,14,15,16,17). The van der Waals surface area contributed by atoms with Gasteiger partial charge in [0.2, 0.25) is 5.95 Å². The second-order valence-corrected chi connectivity index (χ2v) is 3.79. The van der Waals surface area contributed by atoms with Crippen molar-refractivity contribution in [1.29, 1.82) is 0 Å². The largest absolute Gasteiger partial charge is 0.497 e. The third-order valence-corrected chi connectivity index (χ3v) is 2.51. The molecular weight excluding hydrogens is 230 g/mol. The van der Waals surface area contributed by atoms with Crippen molar-refractivity contribution in [2.24, 2.45) is 0 Å². The molecule has 0 spiro atoms. The van der Waals surface area contributed by atoms with Gasteiger partial charge in [0.05, 0.1) is 7.11 Å². The first-order valence-corrected chi connectivity index (χ1v) is 5.72. The first-order valence-electron chi connectivity index (χ1n) is 5.72. The summed E-state index contributed by atoms with van der Waals surface area (Å²) in [6.45, 7) is 1.96. The Balaban J connectivity index is 2.22. The van der Waals surface area contributed by atoms with Crippen molar-refractivity contribution >= 4 is 11.6 Å². The number of methoxy groups -OCH3 is 1. The summed E-state index contributed by atoms with van der Waals surface area (Å²) in [4.78, 5) is 18.3. The van der Waals surface area contributed by atoms with Gasteiger partial charge in [0.15, 0.2) is 0 Å². The second kappa shape index (κ2) is 5.35. The van der Waals surface area contributed by atoms with Gasteiger partial charge in [-0.1, -0.05) is 6.92 Å². The van der Waals surface area contributed by atoms with Gasteiger partial charge in [-0.3, -0.25) is 9.78 Å². The summed E-state index contributed by atoms with van der Waals surface area (Å²) in [6.07, 6.45) is 0.723. The van der Waals surface area contributed by atoms with E-state index in [-0.39, 0.29) is 5.56 Å². The molecule has 0 radical (unpaired) electrons. The molecule has 1 aromatic carbocycles. The average Bonchev–Trinajstić information content (AvgIpc) is 2.39. The van der Waals surface area contributed by atoms with Crippen LogP contribution in [0.4, 0.5) is 11.6 Å². The van der Waals surface area contributed by atoms with E-state index in [0.29, 0.717) is 5.95 Å². The number of aromatic amines is 1. The number of H-pyrrole nitrogens is 1. The van der Waals surface area contributed by atoms with E-state index in [0.717, 1.165) is 23.6 Å². The Bertz CT molecular complexity index is 576. The van der Waals surface area contributed by atoms with Crippen LogP contribution < -0.4 is 15.6 Å². The summed E-state index contributed by atoms with van der Waals surface area (Å²) in [5.41, 5.74) is 1.44. The Morgan fingerprint density at radius 3 is 2.67 bits per heavy atom. The maximum absolute atomic E-state index is 11.4. The molecule has 5 nitrogen and oxygen atoms in total. The molecule has 2 N–H and O–H groups in total. The molecule has 0 amide bonds. The minimum atomic E-state index is -0.155. The lowest BCUT2D eigenvalue weighted by Gasteiger charge is -2.07. The topological polar surface area (TPSA) is 67.0 Å². The molecule has 0 saturated carbocycles. The Labute approximate surface area is 105 Å². The van der Waals surface area contributed by atoms with Gasteiger partial charge in [-0.05, 0) is 30.7 Å². The van der Waals surface area contributed by atoms with Gasteiger partial charge in [0, 0.05) is 17.4 Å². The average molecular weight is 245 g/mol. The predicted octanol–water partition coefficient (Wildman–Crippen LogP) is 2.08. The van der Waals surface area contributed by atoms with Gasteiger partial charge >= 0.3 is 0 Å². The highest BCUT2D eigenvalue weighted by Gasteiger charge is 2.00. The van der Waals surface area contributed by atoms with E-state index in [1.54, 1.807) is 7.11 Å². The molecule has 0 bridgehead atoms. The third-order valence-electron chi connectivity index (χ3n) is 2.51. The third kappa shape index (κ3) is 2.88. The SMILES string of the molecule is CCc1cc(=O)[nH]c(Nc2ccc(OC)cc2)n1. The number of ether oxygens (including phenoxy) is 1. The molecule has 0 aliphatic heterocycles. The van der Waals surface area contributed by atoms with Gasteiger partial charge in [-0.15, -0.1) is 0 Å². The molecule has 0 atom stereocenters. The number of benzene rings is 1. The summed E-state index contributed by atoms with van der Waals surface area (Å²) in [5, 5.41) is 3.05. The quantitative estimate of drug-likeness (QED) is 0.865. The van der Waals surface area contributed by atoms with Crippen LogP contribution in [0.25, 0.3) is 0 Å². The summed E-state index contributed by atoms with van der Waals surface area (Å²) in [7, 11) is 1.62. The minimum Gasteiger partial charge on any atom is -0.497 e. The highest BCUT2D eigenvalue weighted by atomic mass is 16.5. The van der Waals surface area contributed by atoms with E-state index in [1.165, 1.54) is 6.07 Å². The van der Waals surface area contributed by atoms with Crippen molar-refractivity contribution in [3.05, 3.63) is 46.4 Å². The zero-order valence-electron chi connectivity index (χ0n) is 10.4. The van der Waals surface area contributed by atoms with Gasteiger partial charge in [0.25, 0.3) is 5.56 Å². The fraction of sp³-hybridized carbons (Fsp3) is 0.231. The summed E-state index contributed by atoms with van der Waals surface area (Å²) in [6, 6.07) is 8.89. The lowest BCUT2D eigenvalue weighted by Crippen LogP contribution is -2.11. The monoisotopic (exact) mass is 245 g/mol. The molecule has 18 heavy (non-hydrogen) atoms. The molecule has 0 aliphatic carbocycles. The number of nitrogens with zero attached hydrogens (tertiary/aromatic N) is 1. The maximum Gasteiger partial charge on any atom is 0.252 e. The molecule has 1 aromatic heterocycles. The first kappa shape index (κ1) is 12.2. The van der Waals surface area contributed by atoms with Crippen LogP contribution in [0, 0.1) is 0 Å². The number of aromatic nitrogens is 2. The normalized spacial score (nSPS) is 10.1. The van der Waals surface area contributed by atoms with Crippen molar-refractivity contribution in [1.82, 2.24) is 9.97 Å². The van der Waals surface area contributed by atoms with E-state index in [4.69, 9.17) is 4.74 Å². The van der Waals surface area contributed by atoms with Crippen LogP contribution in [0.2, 0.25) is 0 Å². The predicted molar refractivity (Wildman–Crippen MR) is 70.5 cm³/mol. The van der Waals surface area contributed by atoms with Crippen molar-refractivity contribution in [3.8, 4) is 5.75 Å². The zero-order valence-corrected chi connectivity index (χ0v) is 10.4. The van der Waals surface area contributed by atoms with Crippen LogP contribution >= 0.6 is 0 Å². The van der Waals surface area contributed by atoms with E-state index in [2.05, 4.69) is 15.3 Å². The number of anilines is 2. The smallest absolute Gasteiger partial charge is 0.252 e. The van der Waals surface area contributed by atoms with Crippen LogP contribution in [0.1, 0.15) is 12.6 Å². The lowest BCUT2D eigenvalue weighted by atomic mass is 10.3. The molecule has 0 aliphatic rings. The Morgan fingerprint density at radius 1 is 1.33 bits per heavy atom. The second-order valence-electron chi connectivity index (χ2n) is 3.79. The van der Waals surface area contributed by atoms with Crippen LogP contribution in [0.3, 0.4) is 0 Å². The minimum absolute atomic E-state index is 0.155. The Morgan fingerprint density at radius 2 is 2.06 bits per heavy atom. The number of nitrogens with one attached hydrogen (secondary N) is 2. The van der Waals surface area contributed by atoms with Crippen molar-refractivity contribution < 1.29 is 4.74 Å². The molecule has 0 saturated heterocycles. The van der Waals surface area contributed by atoms with Gasteiger partial charge in [-0.25, -0.2) is 4.98 Å². The Kier molecular flexibility index (Phi) is 3.62. The van der Waals surface area contributed by atoms with Gasteiger partial charge in [-0.2, -0.15) is 0 Å². The van der Waals surface area contributed by atoms with E-state index >= 15 is 0 Å². The van der Waals surface area contributed by atoms with Crippen LogP contribution in [-0.2, 0) is 6.42 Å². The van der Waals surface area contributed by atoms with E-state index in [9.17, 15) is 4.79 Å². The van der Waals surface area contributed by atoms with Crippen LogP contribution in [-0.4, -0.2) is 17.1 Å². The fourth-order valence-electron chi connectivity index (χ4n) is 1.56. The van der Waals surface area contributed by atoms with Crippen molar-refractivity contribution in [2.45, 2.75) is 13.3 Å². The Hall–Kier alpha value is -2.30. The molecule has 2 rings (SSSR count). The van der Waals surface area contributed by atoms with E-state index < -0.39 is 0 Å². The zero-order chi connectivity index (χ0) is 13.0. The highest BCUT2D eigenvalue weighted by Crippen LogP contribution is 2.17. The summed E-state index contributed by atoms with van der Waals surface area (Å²) in [5.74, 6) is 1.23. The number of rotatable bonds is 4. The van der Waals surface area contributed by atoms with Crippen molar-refractivity contribution in [3.63, 3.8) is 0 Å².